The Bertz CT molecular complexity index is 260. The maximum Gasteiger partial charge on any atom is 0.0814 e. The van der Waals surface area contributed by atoms with E-state index in [-0.39, 0.29) is 0 Å². The van der Waals surface area contributed by atoms with Crippen LogP contribution in [0.15, 0.2) is 6.20 Å². The molecule has 1 rings (SSSR count). The Morgan fingerprint density at radius 1 is 1.46 bits per heavy atom. The number of aromatic nitrogens is 2. The highest BCUT2D eigenvalue weighted by atomic mass is 35.5. The molecule has 0 aliphatic rings. The van der Waals surface area contributed by atoms with Gasteiger partial charge in [-0.1, -0.05) is 18.0 Å². The van der Waals surface area contributed by atoms with Crippen molar-refractivity contribution in [2.24, 2.45) is 0 Å². The Morgan fingerprint density at radius 2 is 2.23 bits per heavy atom. The first-order chi connectivity index (χ1) is 6.25. The Kier molecular flexibility index (Phi) is 4.67. The molecule has 0 saturated carbocycles. The molecule has 1 heterocycles. The molecule has 0 N–H and O–H groups in total. The summed E-state index contributed by atoms with van der Waals surface area (Å²) in [6.45, 7) is 2.96. The third kappa shape index (κ3) is 3.24. The van der Waals surface area contributed by atoms with Crippen LogP contribution in [0.1, 0.15) is 25.0 Å². The number of hydrogen-bond acceptors (Lipinski definition) is 2. The van der Waals surface area contributed by atoms with Gasteiger partial charge in [-0.25, -0.2) is 0 Å². The minimum atomic E-state index is 0.759. The molecule has 74 valence electrons. The van der Waals surface area contributed by atoms with E-state index in [0.717, 1.165) is 29.4 Å². The molecule has 2 nitrogen and oxygen atoms in total. The Hall–Kier alpha value is -0.150. The summed E-state index contributed by atoms with van der Waals surface area (Å²) in [5.41, 5.74) is 1.06. The summed E-state index contributed by atoms with van der Waals surface area (Å²) in [5.74, 6) is 0.971. The van der Waals surface area contributed by atoms with Crippen molar-refractivity contribution in [1.29, 1.82) is 0 Å². The number of halogens is 1. The Balaban J connectivity index is 2.32. The van der Waals surface area contributed by atoms with Gasteiger partial charge in [0.15, 0.2) is 0 Å². The van der Waals surface area contributed by atoms with E-state index in [0.29, 0.717) is 0 Å². The zero-order valence-corrected chi connectivity index (χ0v) is 9.48. The molecule has 0 aliphatic carbocycles. The van der Waals surface area contributed by atoms with Gasteiger partial charge in [0.1, 0.15) is 0 Å². The van der Waals surface area contributed by atoms with Crippen LogP contribution in [0.2, 0.25) is 5.02 Å². The van der Waals surface area contributed by atoms with Crippen LogP contribution in [0.3, 0.4) is 0 Å². The zero-order chi connectivity index (χ0) is 9.68. The third-order valence-electron chi connectivity index (χ3n) is 2.07. The first-order valence-electron chi connectivity index (χ1n) is 4.54. The van der Waals surface area contributed by atoms with Crippen molar-refractivity contribution in [3.05, 3.63) is 16.9 Å². The summed E-state index contributed by atoms with van der Waals surface area (Å²) in [5, 5.41) is 4.94. The smallest absolute Gasteiger partial charge is 0.0814 e. The van der Waals surface area contributed by atoms with E-state index < -0.39 is 0 Å². The molecule has 0 aliphatic heterocycles. The standard InChI is InChI=1S/C9H15ClN2S/c1-8-9(10)7-11-12(8)5-3-2-4-6-13/h7,13H,2-6H2,1H3. The predicted octanol–water partition coefficient (Wildman–Crippen LogP) is 2.95. The molecule has 0 spiro atoms. The topological polar surface area (TPSA) is 17.8 Å². The lowest BCUT2D eigenvalue weighted by molar-refractivity contribution is 0.544. The van der Waals surface area contributed by atoms with Gasteiger partial charge in [0.05, 0.1) is 16.9 Å². The largest absolute Gasteiger partial charge is 0.268 e. The van der Waals surface area contributed by atoms with Crippen LogP contribution in [0.4, 0.5) is 0 Å². The van der Waals surface area contributed by atoms with Gasteiger partial charge in [-0.3, -0.25) is 4.68 Å². The fourth-order valence-electron chi connectivity index (χ4n) is 1.20. The summed E-state index contributed by atoms with van der Waals surface area (Å²) in [4.78, 5) is 0. The second-order valence-corrected chi connectivity index (χ2v) is 3.94. The van der Waals surface area contributed by atoms with Crippen molar-refractivity contribution in [2.45, 2.75) is 32.7 Å². The fraction of sp³-hybridized carbons (Fsp3) is 0.667. The predicted molar refractivity (Wildman–Crippen MR) is 59.7 cm³/mol. The molecule has 0 unspecified atom stereocenters. The summed E-state index contributed by atoms with van der Waals surface area (Å²) in [6, 6.07) is 0. The molecule has 4 heteroatoms. The number of hydrogen-bond donors (Lipinski definition) is 1. The van der Waals surface area contributed by atoms with Crippen molar-refractivity contribution >= 4 is 24.2 Å². The average molecular weight is 219 g/mol. The molecule has 0 atom stereocenters. The molecule has 0 bridgehead atoms. The molecule has 0 saturated heterocycles. The van der Waals surface area contributed by atoms with E-state index in [4.69, 9.17) is 11.6 Å². The molecule has 1 aromatic rings. The zero-order valence-electron chi connectivity index (χ0n) is 7.83. The van der Waals surface area contributed by atoms with Gasteiger partial charge < -0.3 is 0 Å². The van der Waals surface area contributed by atoms with Gasteiger partial charge in [0.2, 0.25) is 0 Å². The highest BCUT2D eigenvalue weighted by molar-refractivity contribution is 7.80. The van der Waals surface area contributed by atoms with E-state index in [9.17, 15) is 0 Å². The lowest BCUT2D eigenvalue weighted by atomic mass is 10.2. The number of aryl methyl sites for hydroxylation is 1. The first kappa shape index (κ1) is 10.9. The van der Waals surface area contributed by atoms with Crippen LogP contribution < -0.4 is 0 Å². The van der Waals surface area contributed by atoms with Crippen molar-refractivity contribution in [1.82, 2.24) is 9.78 Å². The van der Waals surface area contributed by atoms with Gasteiger partial charge >= 0.3 is 0 Å². The lowest BCUT2D eigenvalue weighted by Gasteiger charge is -2.03. The highest BCUT2D eigenvalue weighted by Gasteiger charge is 2.02. The fourth-order valence-corrected chi connectivity index (χ4v) is 1.56. The number of unbranched alkanes of at least 4 members (excludes halogenated alkanes) is 2. The minimum absolute atomic E-state index is 0.759. The molecule has 0 aromatic carbocycles. The third-order valence-corrected chi connectivity index (χ3v) is 2.76. The van der Waals surface area contributed by atoms with Crippen LogP contribution in [0.25, 0.3) is 0 Å². The summed E-state index contributed by atoms with van der Waals surface area (Å²) >= 11 is 10.0. The Labute approximate surface area is 89.7 Å². The Morgan fingerprint density at radius 3 is 2.77 bits per heavy atom. The van der Waals surface area contributed by atoms with E-state index in [1.54, 1.807) is 6.20 Å². The molecular formula is C9H15ClN2S. The summed E-state index contributed by atoms with van der Waals surface area (Å²) in [6.07, 6.45) is 5.24. The van der Waals surface area contributed by atoms with Crippen LogP contribution in [0, 0.1) is 6.92 Å². The van der Waals surface area contributed by atoms with Crippen molar-refractivity contribution in [3.63, 3.8) is 0 Å². The van der Waals surface area contributed by atoms with Crippen LogP contribution >= 0.6 is 24.2 Å². The SMILES string of the molecule is Cc1c(Cl)cnn1CCCCCS. The van der Waals surface area contributed by atoms with Gasteiger partial charge in [-0.15, -0.1) is 0 Å². The molecule has 13 heavy (non-hydrogen) atoms. The minimum Gasteiger partial charge on any atom is -0.268 e. The maximum absolute atomic E-state index is 5.87. The molecular weight excluding hydrogens is 204 g/mol. The molecule has 1 aromatic heterocycles. The molecule has 0 radical (unpaired) electrons. The van der Waals surface area contributed by atoms with E-state index in [1.165, 1.54) is 12.8 Å². The van der Waals surface area contributed by atoms with E-state index >= 15 is 0 Å². The van der Waals surface area contributed by atoms with Crippen molar-refractivity contribution in [3.8, 4) is 0 Å². The lowest BCUT2D eigenvalue weighted by Crippen LogP contribution is -2.02. The number of rotatable bonds is 5. The van der Waals surface area contributed by atoms with Crippen LogP contribution in [0.5, 0.6) is 0 Å². The number of thiol groups is 1. The first-order valence-corrected chi connectivity index (χ1v) is 5.55. The van der Waals surface area contributed by atoms with E-state index in [2.05, 4.69) is 17.7 Å². The van der Waals surface area contributed by atoms with Crippen LogP contribution in [-0.4, -0.2) is 15.5 Å². The van der Waals surface area contributed by atoms with Crippen LogP contribution in [-0.2, 0) is 6.54 Å². The molecule has 0 amide bonds. The maximum atomic E-state index is 5.87. The van der Waals surface area contributed by atoms with Gasteiger partial charge in [0.25, 0.3) is 0 Å². The average Bonchev–Trinajstić information content (AvgIpc) is 2.43. The summed E-state index contributed by atoms with van der Waals surface area (Å²) < 4.78 is 1.96. The second-order valence-electron chi connectivity index (χ2n) is 3.09. The van der Waals surface area contributed by atoms with Gasteiger partial charge in [0, 0.05) is 6.54 Å². The van der Waals surface area contributed by atoms with E-state index in [1.807, 2.05) is 11.6 Å². The summed E-state index contributed by atoms with van der Waals surface area (Å²) in [7, 11) is 0. The quantitative estimate of drug-likeness (QED) is 0.595. The van der Waals surface area contributed by atoms with Crippen molar-refractivity contribution < 1.29 is 0 Å². The van der Waals surface area contributed by atoms with Gasteiger partial charge in [-0.2, -0.15) is 17.7 Å². The van der Waals surface area contributed by atoms with Gasteiger partial charge in [-0.05, 0) is 25.5 Å². The van der Waals surface area contributed by atoms with Crippen molar-refractivity contribution in [2.75, 3.05) is 5.75 Å². The highest BCUT2D eigenvalue weighted by Crippen LogP contribution is 2.13. The number of nitrogens with zero attached hydrogens (tertiary/aromatic N) is 2. The normalized spacial score (nSPS) is 10.7. The molecule has 0 fully saturated rings. The second kappa shape index (κ2) is 5.55. The monoisotopic (exact) mass is 218 g/mol.